The van der Waals surface area contributed by atoms with Gasteiger partial charge in [-0.1, -0.05) is 29.8 Å². The topological polar surface area (TPSA) is 52.7 Å². The molecule has 0 radical (unpaired) electrons. The molecule has 2 heterocycles. The fourth-order valence-electron chi connectivity index (χ4n) is 3.91. The van der Waals surface area contributed by atoms with Crippen molar-refractivity contribution < 1.29 is 9.59 Å². The molecule has 1 unspecified atom stereocenters. The Bertz CT molecular complexity index is 612. The number of halogens is 1. The van der Waals surface area contributed by atoms with Crippen molar-refractivity contribution >= 4 is 24.2 Å². The molecular weight excluding hydrogens is 350 g/mol. The minimum Gasteiger partial charge on any atom is -0.342 e. The van der Waals surface area contributed by atoms with Gasteiger partial charge >= 0.3 is 0 Å². The van der Waals surface area contributed by atoms with Crippen LogP contribution in [0.15, 0.2) is 24.3 Å². The van der Waals surface area contributed by atoms with E-state index < -0.39 is 0 Å². The van der Waals surface area contributed by atoms with Crippen LogP contribution in [0.5, 0.6) is 0 Å². The number of carbonyl (C=O) groups is 2. The maximum absolute atomic E-state index is 12.8. The van der Waals surface area contributed by atoms with Gasteiger partial charge in [0.1, 0.15) is 0 Å². The van der Waals surface area contributed by atoms with Gasteiger partial charge in [-0.2, -0.15) is 0 Å². The van der Waals surface area contributed by atoms with Crippen LogP contribution in [0.2, 0.25) is 0 Å². The number of piperidine rings is 1. The predicted octanol–water partition coefficient (Wildman–Crippen LogP) is 2.22. The minimum atomic E-state index is -0.168. The Hall–Kier alpha value is -1.59. The quantitative estimate of drug-likeness (QED) is 0.853. The highest BCUT2D eigenvalue weighted by Gasteiger charge is 2.37. The van der Waals surface area contributed by atoms with Gasteiger partial charge in [0.15, 0.2) is 0 Å². The highest BCUT2D eigenvalue weighted by Crippen LogP contribution is 2.25. The molecule has 6 heteroatoms. The zero-order valence-electron chi connectivity index (χ0n) is 15.7. The average molecular weight is 380 g/mol. The largest absolute Gasteiger partial charge is 0.342 e. The first kappa shape index (κ1) is 20.7. The lowest BCUT2D eigenvalue weighted by atomic mass is 9.95. The summed E-state index contributed by atoms with van der Waals surface area (Å²) >= 11 is 0. The molecule has 1 N–H and O–H groups in total. The molecule has 2 aliphatic heterocycles. The van der Waals surface area contributed by atoms with Crippen molar-refractivity contribution in [1.82, 2.24) is 15.1 Å². The molecule has 1 aromatic carbocycles. The standard InChI is InChI=1S/C20H29N3O2.ClH/c1-15-3-5-17(6-4-15)13-23-14-18(11-19(23)24)20(25)22-9-7-16(8-10-22)12-21-2;/h3-6,16,18,21H,7-14H2,1-2H3;1H. The second kappa shape index (κ2) is 9.38. The van der Waals surface area contributed by atoms with Gasteiger partial charge in [-0.3, -0.25) is 9.59 Å². The third kappa shape index (κ3) is 4.98. The summed E-state index contributed by atoms with van der Waals surface area (Å²) in [6, 6.07) is 8.25. The Kier molecular flexibility index (Phi) is 7.47. The van der Waals surface area contributed by atoms with Crippen molar-refractivity contribution in [2.45, 2.75) is 32.7 Å². The molecule has 0 aromatic heterocycles. The van der Waals surface area contributed by atoms with Crippen molar-refractivity contribution in [3.63, 3.8) is 0 Å². The van der Waals surface area contributed by atoms with Crippen molar-refractivity contribution in [2.75, 3.05) is 33.2 Å². The van der Waals surface area contributed by atoms with E-state index >= 15 is 0 Å². The normalized spacial score (nSPS) is 21.0. The minimum absolute atomic E-state index is 0. The summed E-state index contributed by atoms with van der Waals surface area (Å²) in [5, 5.41) is 3.22. The molecule has 2 aliphatic rings. The molecule has 2 saturated heterocycles. The van der Waals surface area contributed by atoms with Crippen LogP contribution >= 0.6 is 12.4 Å². The molecule has 3 rings (SSSR count). The van der Waals surface area contributed by atoms with E-state index in [0.29, 0.717) is 25.4 Å². The predicted molar refractivity (Wildman–Crippen MR) is 105 cm³/mol. The Morgan fingerprint density at radius 2 is 1.85 bits per heavy atom. The summed E-state index contributed by atoms with van der Waals surface area (Å²) < 4.78 is 0. The van der Waals surface area contributed by atoms with Crippen LogP contribution in [0.1, 0.15) is 30.4 Å². The molecule has 144 valence electrons. The number of likely N-dealkylation sites (tertiary alicyclic amines) is 2. The van der Waals surface area contributed by atoms with Gasteiger partial charge in [-0.25, -0.2) is 0 Å². The number of hydrogen-bond acceptors (Lipinski definition) is 3. The van der Waals surface area contributed by atoms with Crippen molar-refractivity contribution in [3.8, 4) is 0 Å². The number of benzene rings is 1. The summed E-state index contributed by atoms with van der Waals surface area (Å²) in [6.07, 6.45) is 2.47. The van der Waals surface area contributed by atoms with Crippen LogP contribution in [0.4, 0.5) is 0 Å². The molecule has 2 amide bonds. The summed E-state index contributed by atoms with van der Waals surface area (Å²) in [5.74, 6) is 0.766. The molecule has 0 saturated carbocycles. The number of nitrogens with one attached hydrogen (secondary N) is 1. The summed E-state index contributed by atoms with van der Waals surface area (Å²) in [5.41, 5.74) is 2.34. The number of nitrogens with zero attached hydrogens (tertiary/aromatic N) is 2. The van der Waals surface area contributed by atoms with Gasteiger partial charge < -0.3 is 15.1 Å². The van der Waals surface area contributed by atoms with E-state index in [1.54, 1.807) is 0 Å². The molecule has 5 nitrogen and oxygen atoms in total. The van der Waals surface area contributed by atoms with E-state index in [1.807, 2.05) is 16.8 Å². The van der Waals surface area contributed by atoms with Crippen LogP contribution in [0, 0.1) is 18.8 Å². The Morgan fingerprint density at radius 3 is 2.46 bits per heavy atom. The number of aryl methyl sites for hydroxylation is 1. The van der Waals surface area contributed by atoms with Gasteiger partial charge in [-0.05, 0) is 44.8 Å². The zero-order chi connectivity index (χ0) is 17.8. The molecule has 0 spiro atoms. The number of rotatable bonds is 5. The molecular formula is C20H30ClN3O2. The number of hydrogen-bond donors (Lipinski definition) is 1. The number of carbonyl (C=O) groups excluding carboxylic acids is 2. The van der Waals surface area contributed by atoms with E-state index in [-0.39, 0.29) is 30.1 Å². The van der Waals surface area contributed by atoms with E-state index in [9.17, 15) is 9.59 Å². The fraction of sp³-hybridized carbons (Fsp3) is 0.600. The fourth-order valence-corrected chi connectivity index (χ4v) is 3.91. The van der Waals surface area contributed by atoms with Gasteiger partial charge in [0.05, 0.1) is 5.92 Å². The van der Waals surface area contributed by atoms with Crippen molar-refractivity contribution in [1.29, 1.82) is 0 Å². The molecule has 0 aliphatic carbocycles. The van der Waals surface area contributed by atoms with Crippen LogP contribution in [0.3, 0.4) is 0 Å². The van der Waals surface area contributed by atoms with Crippen LogP contribution in [-0.2, 0) is 16.1 Å². The van der Waals surface area contributed by atoms with Gasteiger partial charge in [0.25, 0.3) is 0 Å². The van der Waals surface area contributed by atoms with E-state index in [1.165, 1.54) is 5.56 Å². The lowest BCUT2D eigenvalue weighted by molar-refractivity contribution is -0.137. The maximum atomic E-state index is 12.8. The summed E-state index contributed by atoms with van der Waals surface area (Å²) in [7, 11) is 1.98. The maximum Gasteiger partial charge on any atom is 0.227 e. The van der Waals surface area contributed by atoms with Crippen LogP contribution in [-0.4, -0.2) is 54.8 Å². The average Bonchev–Trinajstić information content (AvgIpc) is 2.98. The highest BCUT2D eigenvalue weighted by atomic mass is 35.5. The first-order valence-corrected chi connectivity index (χ1v) is 9.33. The first-order chi connectivity index (χ1) is 12.1. The summed E-state index contributed by atoms with van der Waals surface area (Å²) in [6.45, 7) is 5.89. The van der Waals surface area contributed by atoms with Gasteiger partial charge in [0.2, 0.25) is 11.8 Å². The van der Waals surface area contributed by atoms with Crippen LogP contribution < -0.4 is 5.32 Å². The molecule has 1 atom stereocenters. The highest BCUT2D eigenvalue weighted by molar-refractivity contribution is 5.89. The molecule has 0 bridgehead atoms. The van der Waals surface area contributed by atoms with E-state index in [2.05, 4.69) is 36.5 Å². The first-order valence-electron chi connectivity index (χ1n) is 9.33. The van der Waals surface area contributed by atoms with Crippen molar-refractivity contribution in [2.24, 2.45) is 11.8 Å². The second-order valence-corrected chi connectivity index (χ2v) is 7.49. The summed E-state index contributed by atoms with van der Waals surface area (Å²) in [4.78, 5) is 28.9. The molecule has 2 fully saturated rings. The Morgan fingerprint density at radius 1 is 1.19 bits per heavy atom. The third-order valence-electron chi connectivity index (χ3n) is 5.48. The SMILES string of the molecule is CNCC1CCN(C(=O)C2CC(=O)N(Cc3ccc(C)cc3)C2)CC1.Cl. The zero-order valence-corrected chi connectivity index (χ0v) is 16.6. The van der Waals surface area contributed by atoms with E-state index in [0.717, 1.165) is 38.0 Å². The van der Waals surface area contributed by atoms with Crippen LogP contribution in [0.25, 0.3) is 0 Å². The lowest BCUT2D eigenvalue weighted by Gasteiger charge is -2.33. The lowest BCUT2D eigenvalue weighted by Crippen LogP contribution is -2.43. The van der Waals surface area contributed by atoms with Gasteiger partial charge in [0, 0.05) is 32.6 Å². The van der Waals surface area contributed by atoms with Crippen molar-refractivity contribution in [3.05, 3.63) is 35.4 Å². The monoisotopic (exact) mass is 379 g/mol. The van der Waals surface area contributed by atoms with Gasteiger partial charge in [-0.15, -0.1) is 12.4 Å². The Labute approximate surface area is 162 Å². The second-order valence-electron chi connectivity index (χ2n) is 7.49. The van der Waals surface area contributed by atoms with E-state index in [4.69, 9.17) is 0 Å². The molecule has 1 aromatic rings. The third-order valence-corrected chi connectivity index (χ3v) is 5.48. The number of amides is 2. The molecule has 26 heavy (non-hydrogen) atoms. The Balaban J connectivity index is 0.00000243. The smallest absolute Gasteiger partial charge is 0.227 e.